The number of likely N-dealkylation sites (tertiary alicyclic amines) is 1. The molecular formula is C29H47FN4O4. The first-order valence-corrected chi connectivity index (χ1v) is 14.3. The molecule has 3 atom stereocenters. The van der Waals surface area contributed by atoms with E-state index in [1.807, 2.05) is 0 Å². The van der Waals surface area contributed by atoms with E-state index in [0.29, 0.717) is 44.1 Å². The van der Waals surface area contributed by atoms with Crippen LogP contribution < -0.4 is 16.4 Å². The number of carbonyl (C=O) groups is 2. The van der Waals surface area contributed by atoms with Gasteiger partial charge in [0.2, 0.25) is 5.91 Å². The minimum atomic E-state index is -1.24. The third kappa shape index (κ3) is 9.20. The van der Waals surface area contributed by atoms with Gasteiger partial charge in [-0.15, -0.1) is 0 Å². The maximum absolute atomic E-state index is 14.2. The summed E-state index contributed by atoms with van der Waals surface area (Å²) in [5, 5.41) is 18.3. The van der Waals surface area contributed by atoms with Crippen LogP contribution in [0.25, 0.3) is 0 Å². The molecule has 0 bridgehead atoms. The molecule has 3 rings (SSSR count). The molecule has 5 N–H and O–H groups in total. The van der Waals surface area contributed by atoms with Crippen molar-refractivity contribution in [3.8, 4) is 0 Å². The number of halogens is 1. The number of nitrogens with one attached hydrogen (secondary N) is 2. The number of aliphatic hydroxyl groups is 1. The number of amides is 3. The van der Waals surface area contributed by atoms with Crippen LogP contribution in [0.5, 0.6) is 0 Å². The molecule has 8 nitrogen and oxygen atoms in total. The number of rotatable bonds is 14. The fraction of sp³-hybridized carbons (Fsp3) is 0.724. The standard InChI is InChI=1S/C29H47FN4O4/c1-38-16-6-5-14-29(37,23-11-7-13-25(30)18-23)24-12-8-15-34(21-24)28(36)33-26(19-32-20-27(31)35)17-22-9-3-2-4-10-22/h7,11,13,18,22,24,26,32,37H,2-6,8-10,12,14-17,19-21H2,1H3,(H2,31,35)(H,33,36). The lowest BCUT2D eigenvalue weighted by Crippen LogP contribution is -2.54. The van der Waals surface area contributed by atoms with Crippen molar-refractivity contribution in [3.05, 3.63) is 35.6 Å². The van der Waals surface area contributed by atoms with Crippen LogP contribution in [0.1, 0.15) is 76.2 Å². The first-order chi connectivity index (χ1) is 18.3. The maximum atomic E-state index is 14.2. The van der Waals surface area contributed by atoms with E-state index in [9.17, 15) is 19.1 Å². The lowest BCUT2D eigenvalue weighted by Gasteiger charge is -2.43. The van der Waals surface area contributed by atoms with Gasteiger partial charge in [0.15, 0.2) is 0 Å². The molecule has 2 fully saturated rings. The molecule has 1 saturated carbocycles. The molecule has 1 aromatic carbocycles. The van der Waals surface area contributed by atoms with E-state index in [1.54, 1.807) is 24.1 Å². The van der Waals surface area contributed by atoms with Crippen LogP contribution in [0.15, 0.2) is 24.3 Å². The highest BCUT2D eigenvalue weighted by atomic mass is 19.1. The van der Waals surface area contributed by atoms with Crippen molar-refractivity contribution >= 4 is 11.9 Å². The van der Waals surface area contributed by atoms with E-state index in [0.717, 1.165) is 44.9 Å². The number of hydrogen-bond acceptors (Lipinski definition) is 5. The molecule has 1 aliphatic carbocycles. The van der Waals surface area contributed by atoms with Gasteiger partial charge in [-0.05, 0) is 62.1 Å². The summed E-state index contributed by atoms with van der Waals surface area (Å²) in [6.07, 6.45) is 10.4. The molecule has 38 heavy (non-hydrogen) atoms. The van der Waals surface area contributed by atoms with Crippen molar-refractivity contribution < 1.29 is 23.8 Å². The normalized spacial score (nSPS) is 21.0. The van der Waals surface area contributed by atoms with Crippen LogP contribution in [-0.2, 0) is 15.1 Å². The Morgan fingerprint density at radius 3 is 2.71 bits per heavy atom. The zero-order chi connectivity index (χ0) is 27.4. The Kier molecular flexibility index (Phi) is 12.3. The minimum Gasteiger partial charge on any atom is -0.385 e. The zero-order valence-electron chi connectivity index (χ0n) is 22.9. The van der Waals surface area contributed by atoms with Gasteiger partial charge in [0, 0.05) is 45.3 Å². The summed E-state index contributed by atoms with van der Waals surface area (Å²) >= 11 is 0. The second-order valence-corrected chi connectivity index (χ2v) is 11.2. The first kappa shape index (κ1) is 30.3. The SMILES string of the molecule is COCCCCC(O)(c1cccc(F)c1)C1CCCN(C(=O)NC(CNCC(N)=O)CC2CCCCC2)C1. The summed E-state index contributed by atoms with van der Waals surface area (Å²) in [5.41, 5.74) is 4.62. The maximum Gasteiger partial charge on any atom is 0.317 e. The van der Waals surface area contributed by atoms with Gasteiger partial charge in [-0.25, -0.2) is 9.18 Å². The monoisotopic (exact) mass is 534 g/mol. The molecule has 0 aromatic heterocycles. The minimum absolute atomic E-state index is 0.0760. The number of nitrogens with zero attached hydrogens (tertiary/aromatic N) is 1. The Morgan fingerprint density at radius 1 is 1.21 bits per heavy atom. The van der Waals surface area contributed by atoms with Crippen molar-refractivity contribution in [2.24, 2.45) is 17.6 Å². The second-order valence-electron chi connectivity index (χ2n) is 11.2. The summed E-state index contributed by atoms with van der Waals surface area (Å²) in [7, 11) is 1.65. The van der Waals surface area contributed by atoms with Crippen molar-refractivity contribution in [1.82, 2.24) is 15.5 Å². The number of primary amides is 1. The van der Waals surface area contributed by atoms with Crippen LogP contribution in [-0.4, -0.2) is 67.9 Å². The number of piperidine rings is 1. The molecule has 1 aliphatic heterocycles. The number of nitrogens with two attached hydrogens (primary N) is 1. The molecule has 1 saturated heterocycles. The van der Waals surface area contributed by atoms with Gasteiger partial charge in [0.25, 0.3) is 0 Å². The molecule has 9 heteroatoms. The van der Waals surface area contributed by atoms with E-state index in [2.05, 4.69) is 10.6 Å². The third-order valence-corrected chi connectivity index (χ3v) is 8.23. The Bertz CT molecular complexity index is 882. The summed E-state index contributed by atoms with van der Waals surface area (Å²) in [6, 6.07) is 5.95. The number of unbranched alkanes of at least 4 members (excludes halogenated alkanes) is 1. The summed E-state index contributed by atoms with van der Waals surface area (Å²) in [6.45, 7) is 2.16. The van der Waals surface area contributed by atoms with Gasteiger partial charge in [0.1, 0.15) is 5.82 Å². The number of benzene rings is 1. The number of methoxy groups -OCH3 is 1. The average Bonchev–Trinajstić information content (AvgIpc) is 2.91. The molecular weight excluding hydrogens is 487 g/mol. The second kappa shape index (κ2) is 15.4. The van der Waals surface area contributed by atoms with E-state index in [1.165, 1.54) is 31.4 Å². The van der Waals surface area contributed by atoms with Gasteiger partial charge >= 0.3 is 6.03 Å². The van der Waals surface area contributed by atoms with Gasteiger partial charge in [-0.1, -0.05) is 44.2 Å². The quantitative estimate of drug-likeness (QED) is 0.272. The Hall–Kier alpha value is -2.23. The summed E-state index contributed by atoms with van der Waals surface area (Å²) in [5.74, 6) is -0.453. The zero-order valence-corrected chi connectivity index (χ0v) is 22.9. The van der Waals surface area contributed by atoms with Crippen molar-refractivity contribution in [3.63, 3.8) is 0 Å². The molecule has 3 amide bonds. The van der Waals surface area contributed by atoms with Crippen LogP contribution in [0.2, 0.25) is 0 Å². The highest BCUT2D eigenvalue weighted by Gasteiger charge is 2.41. The van der Waals surface area contributed by atoms with Crippen LogP contribution in [0, 0.1) is 17.7 Å². The van der Waals surface area contributed by atoms with E-state index in [-0.39, 0.29) is 30.4 Å². The van der Waals surface area contributed by atoms with E-state index in [4.69, 9.17) is 10.5 Å². The Labute approximate surface area is 226 Å². The lowest BCUT2D eigenvalue weighted by atomic mass is 9.74. The summed E-state index contributed by atoms with van der Waals surface area (Å²) in [4.78, 5) is 26.5. The lowest BCUT2D eigenvalue weighted by molar-refractivity contribution is -0.117. The highest BCUT2D eigenvalue weighted by Crippen LogP contribution is 2.40. The highest BCUT2D eigenvalue weighted by molar-refractivity contribution is 5.76. The van der Waals surface area contributed by atoms with Crippen molar-refractivity contribution in [2.45, 2.75) is 82.3 Å². The average molecular weight is 535 g/mol. The van der Waals surface area contributed by atoms with Gasteiger partial charge in [-0.2, -0.15) is 0 Å². The number of hydrogen-bond donors (Lipinski definition) is 4. The predicted octanol–water partition coefficient (Wildman–Crippen LogP) is 3.67. The molecule has 0 spiro atoms. The molecule has 214 valence electrons. The third-order valence-electron chi connectivity index (χ3n) is 8.23. The smallest absolute Gasteiger partial charge is 0.317 e. The van der Waals surface area contributed by atoms with Crippen molar-refractivity contribution in [2.75, 3.05) is 39.9 Å². The largest absolute Gasteiger partial charge is 0.385 e. The number of ether oxygens (including phenoxy) is 1. The van der Waals surface area contributed by atoms with Crippen LogP contribution in [0.3, 0.4) is 0 Å². The Morgan fingerprint density at radius 2 is 2.00 bits per heavy atom. The molecule has 2 aliphatic rings. The van der Waals surface area contributed by atoms with Crippen LogP contribution >= 0.6 is 0 Å². The first-order valence-electron chi connectivity index (χ1n) is 14.3. The van der Waals surface area contributed by atoms with Crippen LogP contribution in [0.4, 0.5) is 9.18 Å². The van der Waals surface area contributed by atoms with Gasteiger partial charge in [-0.3, -0.25) is 4.79 Å². The number of carbonyl (C=O) groups excluding carboxylic acids is 2. The molecule has 0 radical (unpaired) electrons. The van der Waals surface area contributed by atoms with E-state index < -0.39 is 11.5 Å². The molecule has 1 heterocycles. The fourth-order valence-corrected chi connectivity index (χ4v) is 6.19. The van der Waals surface area contributed by atoms with Gasteiger partial charge < -0.3 is 31.1 Å². The van der Waals surface area contributed by atoms with Crippen molar-refractivity contribution in [1.29, 1.82) is 0 Å². The predicted molar refractivity (Wildman–Crippen MR) is 146 cm³/mol. The molecule has 3 unspecified atom stereocenters. The van der Waals surface area contributed by atoms with E-state index >= 15 is 0 Å². The molecule has 1 aromatic rings. The summed E-state index contributed by atoms with van der Waals surface area (Å²) < 4.78 is 19.3. The Balaban J connectivity index is 1.68. The fourth-order valence-electron chi connectivity index (χ4n) is 6.19. The number of urea groups is 1. The van der Waals surface area contributed by atoms with Gasteiger partial charge in [0.05, 0.1) is 12.1 Å². The topological polar surface area (TPSA) is 117 Å².